The third-order valence-electron chi connectivity index (χ3n) is 14.9. The zero-order valence-electron chi connectivity index (χ0n) is 50.1. The average Bonchev–Trinajstić information content (AvgIpc) is 3.45. The highest BCUT2D eigenvalue weighted by Crippen LogP contribution is 2.23. The molecule has 1 heterocycles. The van der Waals surface area contributed by atoms with E-state index in [0.29, 0.717) is 6.42 Å². The normalized spacial score (nSPS) is 19.3. The summed E-state index contributed by atoms with van der Waals surface area (Å²) in [5.41, 5.74) is 0. The molecule has 0 spiro atoms. The third-order valence-corrected chi connectivity index (χ3v) is 14.9. The molecule has 6 N–H and O–H groups in total. The van der Waals surface area contributed by atoms with Gasteiger partial charge in [-0.2, -0.15) is 0 Å². The van der Waals surface area contributed by atoms with Gasteiger partial charge in [0.15, 0.2) is 6.29 Å². The van der Waals surface area contributed by atoms with E-state index in [1.54, 1.807) is 6.08 Å². The number of rotatable bonds is 55. The summed E-state index contributed by atoms with van der Waals surface area (Å²) in [5, 5.41) is 54.6. The second-order valence-electron chi connectivity index (χ2n) is 22.2. The van der Waals surface area contributed by atoms with Crippen LogP contribution in [-0.4, -0.2) is 87.5 Å². The molecule has 0 aliphatic carbocycles. The molecular weight excluding hydrogens is 971 g/mol. The maximum Gasteiger partial charge on any atom is 0.220 e. The number of carbonyl (C=O) groups is 1. The monoisotopic (exact) mass is 1090 g/mol. The van der Waals surface area contributed by atoms with Crippen molar-refractivity contribution in [1.82, 2.24) is 5.32 Å². The van der Waals surface area contributed by atoms with Gasteiger partial charge in [0.05, 0.1) is 25.4 Å². The van der Waals surface area contributed by atoms with Crippen LogP contribution in [0.1, 0.15) is 277 Å². The summed E-state index contributed by atoms with van der Waals surface area (Å²) in [7, 11) is 0. The first-order valence-electron chi connectivity index (χ1n) is 32.5. The van der Waals surface area contributed by atoms with Crippen molar-refractivity contribution in [3.63, 3.8) is 0 Å². The highest BCUT2D eigenvalue weighted by atomic mass is 16.7. The molecular formula is C69H121NO8. The molecule has 9 heteroatoms. The van der Waals surface area contributed by atoms with Crippen molar-refractivity contribution >= 4 is 5.91 Å². The average molecular weight is 1090 g/mol. The van der Waals surface area contributed by atoms with Crippen LogP contribution >= 0.6 is 0 Å². The third kappa shape index (κ3) is 45.8. The second kappa shape index (κ2) is 57.3. The number of allylic oxidation sites excluding steroid dienone is 15. The first-order chi connectivity index (χ1) is 38.3. The number of hydrogen-bond acceptors (Lipinski definition) is 8. The number of amides is 1. The van der Waals surface area contributed by atoms with Gasteiger partial charge in [-0.05, 0) is 70.6 Å². The number of unbranched alkanes of at least 4 members (excludes halogenated alkanes) is 31. The largest absolute Gasteiger partial charge is 0.394 e. The van der Waals surface area contributed by atoms with E-state index in [1.165, 1.54) is 180 Å². The van der Waals surface area contributed by atoms with Crippen LogP contribution in [0.3, 0.4) is 0 Å². The van der Waals surface area contributed by atoms with Gasteiger partial charge in [-0.15, -0.1) is 0 Å². The molecule has 0 bridgehead atoms. The fraction of sp³-hybridized carbons (Fsp3) is 0.754. The van der Waals surface area contributed by atoms with Crippen LogP contribution in [0.4, 0.5) is 0 Å². The van der Waals surface area contributed by atoms with Gasteiger partial charge >= 0.3 is 0 Å². The summed E-state index contributed by atoms with van der Waals surface area (Å²) in [6, 6.07) is -0.844. The van der Waals surface area contributed by atoms with E-state index in [9.17, 15) is 30.3 Å². The highest BCUT2D eigenvalue weighted by molar-refractivity contribution is 5.76. The van der Waals surface area contributed by atoms with Gasteiger partial charge in [-0.25, -0.2) is 0 Å². The molecule has 0 radical (unpaired) electrons. The second-order valence-corrected chi connectivity index (χ2v) is 22.2. The molecule has 450 valence electrons. The summed E-state index contributed by atoms with van der Waals surface area (Å²) in [6.45, 7) is 3.65. The van der Waals surface area contributed by atoms with Crippen LogP contribution in [0.25, 0.3) is 0 Å². The lowest BCUT2D eigenvalue weighted by molar-refractivity contribution is -0.302. The van der Waals surface area contributed by atoms with Crippen molar-refractivity contribution in [3.8, 4) is 0 Å². The number of nitrogens with one attached hydrogen (secondary N) is 1. The molecule has 0 aromatic rings. The smallest absolute Gasteiger partial charge is 0.220 e. The van der Waals surface area contributed by atoms with Gasteiger partial charge in [0.1, 0.15) is 24.4 Å². The number of carbonyl (C=O) groups excluding carboxylic acids is 1. The fourth-order valence-corrected chi connectivity index (χ4v) is 9.85. The van der Waals surface area contributed by atoms with E-state index in [0.717, 1.165) is 70.6 Å². The molecule has 1 saturated heterocycles. The molecule has 0 aromatic heterocycles. The molecule has 78 heavy (non-hydrogen) atoms. The van der Waals surface area contributed by atoms with Gasteiger partial charge in [0.2, 0.25) is 5.91 Å². The number of hydrogen-bond donors (Lipinski definition) is 6. The molecule has 9 nitrogen and oxygen atoms in total. The Hall–Kier alpha value is -2.89. The fourth-order valence-electron chi connectivity index (χ4n) is 9.85. The van der Waals surface area contributed by atoms with Crippen molar-refractivity contribution in [1.29, 1.82) is 0 Å². The Kier molecular flexibility index (Phi) is 53.8. The van der Waals surface area contributed by atoms with Crippen LogP contribution in [0, 0.1) is 0 Å². The Morgan fingerprint density at radius 2 is 0.795 bits per heavy atom. The van der Waals surface area contributed by atoms with Crippen LogP contribution in [0.2, 0.25) is 0 Å². The van der Waals surface area contributed by atoms with Crippen LogP contribution in [-0.2, 0) is 14.3 Å². The molecule has 0 aromatic carbocycles. The minimum absolute atomic E-state index is 0.217. The molecule has 1 amide bonds. The van der Waals surface area contributed by atoms with Crippen LogP contribution < -0.4 is 5.32 Å². The van der Waals surface area contributed by atoms with Gasteiger partial charge in [0.25, 0.3) is 0 Å². The van der Waals surface area contributed by atoms with Gasteiger partial charge in [-0.3, -0.25) is 4.79 Å². The highest BCUT2D eigenvalue weighted by Gasteiger charge is 2.44. The van der Waals surface area contributed by atoms with Crippen LogP contribution in [0.15, 0.2) is 97.2 Å². The number of aliphatic hydroxyl groups excluding tert-OH is 5. The lowest BCUT2D eigenvalue weighted by Crippen LogP contribution is -2.60. The molecule has 1 rings (SSSR count). The SMILES string of the molecule is CC/C=C\C/C=C\C/C=C\C/C=C\C/C=C\C/C=C\C/C=C\CCCC(=O)NC(COC1OC(CO)C(O)C(O)C1O)C(O)/C=C/CCCCCCCCCCCCCCCCCCCCCCCCCCCCCCCC. The van der Waals surface area contributed by atoms with E-state index in [2.05, 4.69) is 104 Å². The summed E-state index contributed by atoms with van der Waals surface area (Å²) in [4.78, 5) is 13.1. The summed E-state index contributed by atoms with van der Waals surface area (Å²) >= 11 is 0. The molecule has 1 aliphatic heterocycles. The van der Waals surface area contributed by atoms with E-state index < -0.39 is 49.5 Å². The van der Waals surface area contributed by atoms with Gasteiger partial charge < -0.3 is 40.3 Å². The van der Waals surface area contributed by atoms with Crippen molar-refractivity contribution in [2.24, 2.45) is 0 Å². The zero-order valence-corrected chi connectivity index (χ0v) is 50.1. The molecule has 1 aliphatic rings. The van der Waals surface area contributed by atoms with E-state index in [4.69, 9.17) is 9.47 Å². The standard InChI is InChI=1S/C69H121NO8/c1-3-5-7-9-11-13-15-17-19-21-23-25-27-28-29-30-31-32-33-34-35-37-38-40-42-44-46-48-50-52-54-56-58-63(72)62(61-77-69-68(76)67(75)66(74)64(60-71)78-69)70-65(73)59-57-55-53-51-49-47-45-43-41-39-36-26-24-22-20-18-16-14-12-10-8-6-4-2/h6,8,12,14,18,20,24,26,39,41,45,47,51,53,56,58,62-64,66-69,71-72,74-76H,3-5,7,9-11,13,15-17,19,21-23,25,27-38,40,42-44,46,48-50,52,54-55,57,59-61H2,1-2H3,(H,70,73)/b8-6-,14-12-,20-18-,26-24-,41-39-,47-45-,53-51-,58-56+. The zero-order chi connectivity index (χ0) is 56.5. The Bertz CT molecular complexity index is 1550. The maximum atomic E-state index is 13.1. The Morgan fingerprint density at radius 3 is 1.17 bits per heavy atom. The number of aliphatic hydroxyl groups is 5. The predicted molar refractivity (Wildman–Crippen MR) is 331 cm³/mol. The minimum atomic E-state index is -1.58. The molecule has 7 atom stereocenters. The summed E-state index contributed by atoms with van der Waals surface area (Å²) < 4.78 is 11.3. The van der Waals surface area contributed by atoms with Gasteiger partial charge in [-0.1, -0.05) is 297 Å². The lowest BCUT2D eigenvalue weighted by Gasteiger charge is -2.40. The van der Waals surface area contributed by atoms with Crippen molar-refractivity contribution in [2.45, 2.75) is 320 Å². The van der Waals surface area contributed by atoms with Crippen molar-refractivity contribution in [3.05, 3.63) is 97.2 Å². The van der Waals surface area contributed by atoms with Crippen LogP contribution in [0.5, 0.6) is 0 Å². The predicted octanol–water partition coefficient (Wildman–Crippen LogP) is 17.1. The van der Waals surface area contributed by atoms with E-state index >= 15 is 0 Å². The lowest BCUT2D eigenvalue weighted by atomic mass is 9.99. The quantitative estimate of drug-likeness (QED) is 0.0261. The van der Waals surface area contributed by atoms with E-state index in [-0.39, 0.29) is 18.9 Å². The first-order valence-corrected chi connectivity index (χ1v) is 32.5. The van der Waals surface area contributed by atoms with Gasteiger partial charge in [0, 0.05) is 6.42 Å². The van der Waals surface area contributed by atoms with Crippen molar-refractivity contribution < 1.29 is 39.8 Å². The minimum Gasteiger partial charge on any atom is -0.394 e. The van der Waals surface area contributed by atoms with Crippen molar-refractivity contribution in [2.75, 3.05) is 13.2 Å². The summed E-state index contributed by atoms with van der Waals surface area (Å²) in [6.07, 6.45) is 76.5. The Morgan fingerprint density at radius 1 is 0.449 bits per heavy atom. The summed E-state index contributed by atoms with van der Waals surface area (Å²) in [5.74, 6) is -0.235. The Labute approximate surface area is 479 Å². The van der Waals surface area contributed by atoms with E-state index in [1.807, 2.05) is 6.08 Å². The molecule has 7 unspecified atom stereocenters. The maximum absolute atomic E-state index is 13.1. The Balaban J connectivity index is 2.20. The molecule has 1 fully saturated rings. The topological polar surface area (TPSA) is 149 Å². The molecule has 0 saturated carbocycles. The number of ether oxygens (including phenoxy) is 2. The first kappa shape index (κ1) is 73.1.